The molecular formula is C12H16N4. The van der Waals surface area contributed by atoms with Gasteiger partial charge in [0.15, 0.2) is 0 Å². The van der Waals surface area contributed by atoms with Crippen LogP contribution in [-0.4, -0.2) is 21.1 Å². The molecule has 1 N–H and O–H groups in total. The molecule has 0 bridgehead atoms. The van der Waals surface area contributed by atoms with E-state index in [1.54, 1.807) is 6.20 Å². The van der Waals surface area contributed by atoms with Crippen LogP contribution in [0.1, 0.15) is 18.3 Å². The summed E-state index contributed by atoms with van der Waals surface area (Å²) in [5.74, 6) is 0.894. The Morgan fingerprint density at radius 3 is 3.00 bits per heavy atom. The van der Waals surface area contributed by atoms with Crippen molar-refractivity contribution in [1.82, 2.24) is 14.5 Å². The van der Waals surface area contributed by atoms with Crippen molar-refractivity contribution < 1.29 is 0 Å². The number of anilines is 1. The van der Waals surface area contributed by atoms with Gasteiger partial charge in [-0.05, 0) is 26.0 Å². The van der Waals surface area contributed by atoms with Crippen LogP contribution in [0.25, 0.3) is 0 Å². The minimum atomic E-state index is 0.754. The first-order chi connectivity index (χ1) is 7.79. The first-order valence-corrected chi connectivity index (χ1v) is 5.47. The van der Waals surface area contributed by atoms with Gasteiger partial charge in [0.25, 0.3) is 0 Å². The van der Waals surface area contributed by atoms with Crippen LogP contribution in [0.15, 0.2) is 30.6 Å². The van der Waals surface area contributed by atoms with Gasteiger partial charge in [0, 0.05) is 24.6 Å². The molecule has 4 nitrogen and oxygen atoms in total. The zero-order chi connectivity index (χ0) is 11.4. The van der Waals surface area contributed by atoms with Gasteiger partial charge in [0.2, 0.25) is 5.95 Å². The van der Waals surface area contributed by atoms with E-state index in [0.29, 0.717) is 0 Å². The number of hydrogen-bond donors (Lipinski definition) is 1. The summed E-state index contributed by atoms with van der Waals surface area (Å²) in [6, 6.07) is 6.06. The quantitative estimate of drug-likeness (QED) is 0.850. The minimum absolute atomic E-state index is 0.754. The fourth-order valence-corrected chi connectivity index (χ4v) is 1.62. The molecule has 2 aromatic heterocycles. The number of hydrogen-bond acceptors (Lipinski definition) is 3. The van der Waals surface area contributed by atoms with Crippen molar-refractivity contribution in [3.05, 3.63) is 42.0 Å². The van der Waals surface area contributed by atoms with Crippen molar-refractivity contribution >= 4 is 5.95 Å². The Morgan fingerprint density at radius 2 is 2.25 bits per heavy atom. The number of rotatable bonds is 4. The van der Waals surface area contributed by atoms with Gasteiger partial charge in [-0.1, -0.05) is 6.07 Å². The van der Waals surface area contributed by atoms with Gasteiger partial charge in [0.05, 0.1) is 12.2 Å². The van der Waals surface area contributed by atoms with Crippen LogP contribution in [0, 0.1) is 6.92 Å². The molecule has 0 aromatic carbocycles. The molecule has 2 heterocycles. The highest BCUT2D eigenvalue weighted by atomic mass is 15.2. The predicted octanol–water partition coefficient (Wildman–Crippen LogP) is 2.07. The Bertz CT molecular complexity index is 462. The van der Waals surface area contributed by atoms with Crippen LogP contribution >= 0.6 is 0 Å². The molecule has 0 aliphatic heterocycles. The molecule has 0 aliphatic carbocycles. The summed E-state index contributed by atoms with van der Waals surface area (Å²) in [7, 11) is 0. The van der Waals surface area contributed by atoms with E-state index < -0.39 is 0 Å². The van der Waals surface area contributed by atoms with Crippen molar-refractivity contribution in [2.24, 2.45) is 0 Å². The molecule has 84 valence electrons. The van der Waals surface area contributed by atoms with Gasteiger partial charge < -0.3 is 9.88 Å². The van der Waals surface area contributed by atoms with Gasteiger partial charge in [-0.25, -0.2) is 4.98 Å². The van der Waals surface area contributed by atoms with Crippen LogP contribution < -0.4 is 5.32 Å². The summed E-state index contributed by atoms with van der Waals surface area (Å²) in [5.41, 5.74) is 2.10. The summed E-state index contributed by atoms with van der Waals surface area (Å²) in [6.07, 6.45) is 3.76. The Labute approximate surface area is 95.4 Å². The lowest BCUT2D eigenvalue weighted by atomic mass is 10.3. The van der Waals surface area contributed by atoms with E-state index in [2.05, 4.69) is 26.8 Å². The second kappa shape index (κ2) is 4.79. The predicted molar refractivity (Wildman–Crippen MR) is 64.5 cm³/mol. The summed E-state index contributed by atoms with van der Waals surface area (Å²) < 4.78 is 2.06. The molecule has 2 rings (SSSR count). The highest BCUT2D eigenvalue weighted by molar-refractivity contribution is 5.26. The molecule has 2 aromatic rings. The third kappa shape index (κ3) is 2.39. The zero-order valence-corrected chi connectivity index (χ0v) is 9.64. The molecule has 0 unspecified atom stereocenters. The molecule has 0 saturated heterocycles. The molecule has 0 atom stereocenters. The highest BCUT2D eigenvalue weighted by Crippen LogP contribution is 2.08. The van der Waals surface area contributed by atoms with Crippen molar-refractivity contribution in [2.45, 2.75) is 20.4 Å². The monoisotopic (exact) mass is 216 g/mol. The number of pyridine rings is 1. The van der Waals surface area contributed by atoms with Crippen LogP contribution in [0.3, 0.4) is 0 Å². The summed E-state index contributed by atoms with van der Waals surface area (Å²) in [4.78, 5) is 8.72. The van der Waals surface area contributed by atoms with E-state index in [4.69, 9.17) is 0 Å². The average molecular weight is 216 g/mol. The summed E-state index contributed by atoms with van der Waals surface area (Å²) in [6.45, 7) is 5.69. The summed E-state index contributed by atoms with van der Waals surface area (Å²) >= 11 is 0. The van der Waals surface area contributed by atoms with E-state index in [-0.39, 0.29) is 0 Å². The normalized spacial score (nSPS) is 10.4. The third-order valence-corrected chi connectivity index (χ3v) is 2.33. The smallest absolute Gasteiger partial charge is 0.203 e. The van der Waals surface area contributed by atoms with Gasteiger partial charge in [-0.3, -0.25) is 4.98 Å². The fraction of sp³-hybridized carbons (Fsp3) is 0.333. The first kappa shape index (κ1) is 10.7. The molecule has 4 heteroatoms. The van der Waals surface area contributed by atoms with Gasteiger partial charge >= 0.3 is 0 Å². The lowest BCUT2D eigenvalue weighted by Gasteiger charge is -2.08. The number of imidazole rings is 1. The number of nitrogens with one attached hydrogen (secondary N) is 1. The van der Waals surface area contributed by atoms with Crippen LogP contribution in [0.5, 0.6) is 0 Å². The van der Waals surface area contributed by atoms with Gasteiger partial charge in [0.1, 0.15) is 0 Å². The second-order valence-corrected chi connectivity index (χ2v) is 3.68. The zero-order valence-electron chi connectivity index (χ0n) is 9.64. The number of nitrogens with zero attached hydrogens (tertiary/aromatic N) is 3. The Morgan fingerprint density at radius 1 is 1.38 bits per heavy atom. The van der Waals surface area contributed by atoms with Crippen molar-refractivity contribution in [3.63, 3.8) is 0 Å². The summed E-state index contributed by atoms with van der Waals surface area (Å²) in [5, 5.41) is 3.22. The van der Waals surface area contributed by atoms with Crippen LogP contribution in [0.2, 0.25) is 0 Å². The van der Waals surface area contributed by atoms with E-state index >= 15 is 0 Å². The standard InChI is InChI=1S/C12H16N4/c1-3-13-12-14-7-8-16(12)9-11-6-4-5-10(2)15-11/h4-8H,3,9H2,1-2H3,(H,13,14). The molecule has 0 saturated carbocycles. The first-order valence-electron chi connectivity index (χ1n) is 5.47. The maximum absolute atomic E-state index is 4.47. The Kier molecular flexibility index (Phi) is 3.19. The molecule has 0 aliphatic rings. The van der Waals surface area contributed by atoms with Crippen LogP contribution in [0.4, 0.5) is 5.95 Å². The number of aryl methyl sites for hydroxylation is 1. The van der Waals surface area contributed by atoms with Gasteiger partial charge in [-0.15, -0.1) is 0 Å². The van der Waals surface area contributed by atoms with Crippen LogP contribution in [-0.2, 0) is 6.54 Å². The number of aromatic nitrogens is 3. The Balaban J connectivity index is 2.17. The minimum Gasteiger partial charge on any atom is -0.356 e. The van der Waals surface area contributed by atoms with E-state index in [1.165, 1.54) is 0 Å². The molecule has 16 heavy (non-hydrogen) atoms. The topological polar surface area (TPSA) is 42.7 Å². The second-order valence-electron chi connectivity index (χ2n) is 3.68. The van der Waals surface area contributed by atoms with Crippen molar-refractivity contribution in [1.29, 1.82) is 0 Å². The lowest BCUT2D eigenvalue weighted by Crippen LogP contribution is -2.08. The molecule has 0 amide bonds. The fourth-order valence-electron chi connectivity index (χ4n) is 1.62. The average Bonchev–Trinajstić information content (AvgIpc) is 2.66. The lowest BCUT2D eigenvalue weighted by molar-refractivity contribution is 0.772. The van der Waals surface area contributed by atoms with E-state index in [1.807, 2.05) is 31.3 Å². The molecular weight excluding hydrogens is 200 g/mol. The molecule has 0 fully saturated rings. The van der Waals surface area contributed by atoms with Crippen molar-refractivity contribution in [3.8, 4) is 0 Å². The van der Waals surface area contributed by atoms with Gasteiger partial charge in [-0.2, -0.15) is 0 Å². The Hall–Kier alpha value is -1.84. The largest absolute Gasteiger partial charge is 0.356 e. The molecule has 0 spiro atoms. The highest BCUT2D eigenvalue weighted by Gasteiger charge is 2.02. The molecule has 0 radical (unpaired) electrons. The SMILES string of the molecule is CCNc1nccn1Cc1cccc(C)n1. The van der Waals surface area contributed by atoms with Crippen molar-refractivity contribution in [2.75, 3.05) is 11.9 Å². The maximum Gasteiger partial charge on any atom is 0.203 e. The van der Waals surface area contributed by atoms with E-state index in [9.17, 15) is 0 Å². The maximum atomic E-state index is 4.47. The third-order valence-electron chi connectivity index (χ3n) is 2.33. The van der Waals surface area contributed by atoms with E-state index in [0.717, 1.165) is 30.4 Å².